The van der Waals surface area contributed by atoms with Crippen LogP contribution >= 0.6 is 23.4 Å². The van der Waals surface area contributed by atoms with Gasteiger partial charge in [0.05, 0.1) is 17.8 Å². The minimum absolute atomic E-state index is 0.106. The van der Waals surface area contributed by atoms with Gasteiger partial charge in [-0.05, 0) is 38.0 Å². The minimum atomic E-state index is -0.538. The van der Waals surface area contributed by atoms with E-state index in [0.29, 0.717) is 23.0 Å². The van der Waals surface area contributed by atoms with E-state index >= 15 is 0 Å². The smallest absolute Gasteiger partial charge is 0.244 e. The average Bonchev–Trinajstić information content (AvgIpc) is 2.79. The highest BCUT2D eigenvalue weighted by Gasteiger charge is 2.27. The quantitative estimate of drug-likeness (QED) is 0.490. The Morgan fingerprint density at radius 1 is 1.24 bits per heavy atom. The first kappa shape index (κ1) is 23.5. The Labute approximate surface area is 203 Å². The fourth-order valence-electron chi connectivity index (χ4n) is 3.41. The van der Waals surface area contributed by atoms with Crippen LogP contribution in [0, 0.1) is 6.57 Å². The highest BCUT2D eigenvalue weighted by atomic mass is 35.5. The van der Waals surface area contributed by atoms with Crippen LogP contribution < -0.4 is 16.0 Å². The van der Waals surface area contributed by atoms with Crippen LogP contribution in [0.3, 0.4) is 0 Å². The summed E-state index contributed by atoms with van der Waals surface area (Å²) in [6.45, 7) is 15.3. The highest BCUT2D eigenvalue weighted by molar-refractivity contribution is 7.99. The van der Waals surface area contributed by atoms with Crippen molar-refractivity contribution in [1.29, 1.82) is 0 Å². The van der Waals surface area contributed by atoms with Crippen molar-refractivity contribution < 1.29 is 0 Å². The Bertz CT molecular complexity index is 1200. The molecule has 8 nitrogen and oxygen atoms in total. The summed E-state index contributed by atoms with van der Waals surface area (Å²) in [4.78, 5) is 25.0. The van der Waals surface area contributed by atoms with Crippen LogP contribution in [-0.2, 0) is 0 Å². The number of nitrogens with two attached hydrogens (primary N) is 1. The molecule has 1 aliphatic rings. The Morgan fingerprint density at radius 2 is 2.00 bits per heavy atom. The first-order chi connectivity index (χ1) is 15.7. The fourth-order valence-corrected chi connectivity index (χ4v) is 4.52. The summed E-state index contributed by atoms with van der Waals surface area (Å²) >= 11 is 8.02. The summed E-state index contributed by atoms with van der Waals surface area (Å²) in [5.74, 6) is 1.41. The minimum Gasteiger partial charge on any atom is -0.361 e. The summed E-state index contributed by atoms with van der Waals surface area (Å²) in [5.41, 5.74) is 6.94. The van der Waals surface area contributed by atoms with Crippen LogP contribution in [0.1, 0.15) is 33.6 Å². The lowest BCUT2D eigenvalue weighted by Gasteiger charge is -2.37. The lowest BCUT2D eigenvalue weighted by Crippen LogP contribution is -2.48. The molecule has 172 valence electrons. The molecular formula is C23H27ClN8S. The van der Waals surface area contributed by atoms with Crippen LogP contribution in [-0.4, -0.2) is 50.6 Å². The lowest BCUT2D eigenvalue weighted by molar-refractivity contribution is 0.363. The van der Waals surface area contributed by atoms with Crippen LogP contribution in [0.25, 0.3) is 16.0 Å². The monoisotopic (exact) mass is 482 g/mol. The predicted molar refractivity (Wildman–Crippen MR) is 134 cm³/mol. The largest absolute Gasteiger partial charge is 0.361 e. The van der Waals surface area contributed by atoms with Crippen molar-refractivity contribution >= 4 is 46.2 Å². The van der Waals surface area contributed by atoms with Crippen molar-refractivity contribution in [1.82, 2.24) is 19.9 Å². The molecule has 0 unspecified atom stereocenters. The maximum atomic E-state index is 7.27. The second-order valence-electron chi connectivity index (χ2n) is 9.21. The second kappa shape index (κ2) is 9.29. The number of hydrogen-bond donors (Lipinski definition) is 2. The molecule has 1 fully saturated rings. The van der Waals surface area contributed by atoms with Gasteiger partial charge in [0, 0.05) is 43.6 Å². The molecule has 0 atom stereocenters. The average molecular weight is 483 g/mol. The number of piperidine rings is 1. The van der Waals surface area contributed by atoms with Gasteiger partial charge in [-0.3, -0.25) is 0 Å². The molecule has 0 amide bonds. The third kappa shape index (κ3) is 5.64. The third-order valence-electron chi connectivity index (χ3n) is 5.66. The number of nitrogens with zero attached hydrogens (tertiary/aromatic N) is 6. The third-order valence-corrected chi connectivity index (χ3v) is 7.15. The zero-order valence-corrected chi connectivity index (χ0v) is 20.5. The van der Waals surface area contributed by atoms with E-state index in [1.807, 2.05) is 32.0 Å². The van der Waals surface area contributed by atoms with Gasteiger partial charge in [-0.2, -0.15) is 0 Å². The van der Waals surface area contributed by atoms with E-state index < -0.39 is 5.54 Å². The van der Waals surface area contributed by atoms with E-state index in [2.05, 4.69) is 36.9 Å². The topological polar surface area (TPSA) is 97.2 Å². The molecule has 4 rings (SSSR count). The van der Waals surface area contributed by atoms with E-state index in [9.17, 15) is 0 Å². The summed E-state index contributed by atoms with van der Waals surface area (Å²) in [5, 5.41) is 4.45. The normalized spacial score (nSPS) is 15.9. The number of nitrogens with one attached hydrogen (secondary N) is 1. The molecule has 0 saturated carbocycles. The molecule has 1 saturated heterocycles. The van der Waals surface area contributed by atoms with Gasteiger partial charge in [-0.15, -0.1) is 0 Å². The molecule has 0 spiro atoms. The number of hydrogen-bond acceptors (Lipinski definition) is 8. The Kier molecular flexibility index (Phi) is 6.61. The molecular weight excluding hydrogens is 456 g/mol. The van der Waals surface area contributed by atoms with E-state index in [1.165, 1.54) is 11.8 Å². The van der Waals surface area contributed by atoms with Gasteiger partial charge < -0.3 is 20.8 Å². The van der Waals surface area contributed by atoms with Crippen molar-refractivity contribution in [3.63, 3.8) is 0 Å². The van der Waals surface area contributed by atoms with Crippen LogP contribution in [0.5, 0.6) is 0 Å². The molecule has 3 aromatic heterocycles. The van der Waals surface area contributed by atoms with E-state index in [-0.39, 0.29) is 5.54 Å². The molecule has 4 heterocycles. The number of halogens is 1. The zero-order valence-electron chi connectivity index (χ0n) is 19.0. The summed E-state index contributed by atoms with van der Waals surface area (Å²) in [6, 6.07) is 5.70. The SMILES string of the molecule is [C-]#[N+]C(C)(C)CNc1nccc(Sc2ccc3nc(N4CCC(C)(N)CC4)cnc3n2)c1Cl. The standard InChI is InChI=1S/C23H27ClN8S/c1-22(2,26-4)14-29-21-19(24)16(7-10-27-21)33-18-6-5-15-20(31-18)28-13-17(30-15)32-11-8-23(3,25)9-12-32/h5-7,10,13H,8-9,11-12,14,25H2,1-3H3,(H,27,29). The van der Waals surface area contributed by atoms with Crippen LogP contribution in [0.4, 0.5) is 11.6 Å². The van der Waals surface area contributed by atoms with E-state index in [0.717, 1.165) is 47.2 Å². The summed E-state index contributed by atoms with van der Waals surface area (Å²) < 4.78 is 0. The van der Waals surface area contributed by atoms with Gasteiger partial charge in [0.2, 0.25) is 5.54 Å². The Hall–Kier alpha value is -2.67. The Morgan fingerprint density at radius 3 is 2.73 bits per heavy atom. The molecule has 0 bridgehead atoms. The Balaban J connectivity index is 1.50. The molecule has 33 heavy (non-hydrogen) atoms. The van der Waals surface area contributed by atoms with Gasteiger partial charge >= 0.3 is 0 Å². The number of rotatable bonds is 6. The molecule has 10 heteroatoms. The van der Waals surface area contributed by atoms with Gasteiger partial charge in [0.15, 0.2) is 5.65 Å². The lowest BCUT2D eigenvalue weighted by atomic mass is 9.91. The van der Waals surface area contributed by atoms with Gasteiger partial charge in [-0.25, -0.2) is 26.5 Å². The van der Waals surface area contributed by atoms with Gasteiger partial charge in [-0.1, -0.05) is 23.4 Å². The van der Waals surface area contributed by atoms with Crippen molar-refractivity contribution in [3.8, 4) is 0 Å². The predicted octanol–water partition coefficient (Wildman–Crippen LogP) is 4.65. The van der Waals surface area contributed by atoms with Crippen molar-refractivity contribution in [2.45, 2.75) is 54.6 Å². The molecule has 3 aromatic rings. The molecule has 0 radical (unpaired) electrons. The summed E-state index contributed by atoms with van der Waals surface area (Å²) in [6.07, 6.45) is 5.34. The second-order valence-corrected chi connectivity index (χ2v) is 10.7. The van der Waals surface area contributed by atoms with Crippen LogP contribution in [0.2, 0.25) is 5.02 Å². The van der Waals surface area contributed by atoms with E-state index in [1.54, 1.807) is 12.4 Å². The summed E-state index contributed by atoms with van der Waals surface area (Å²) in [7, 11) is 0. The van der Waals surface area contributed by atoms with E-state index in [4.69, 9.17) is 28.9 Å². The van der Waals surface area contributed by atoms with Gasteiger partial charge in [0.1, 0.15) is 22.2 Å². The van der Waals surface area contributed by atoms with Crippen molar-refractivity contribution in [2.75, 3.05) is 29.9 Å². The highest BCUT2D eigenvalue weighted by Crippen LogP contribution is 2.36. The first-order valence-electron chi connectivity index (χ1n) is 10.8. The van der Waals surface area contributed by atoms with Gasteiger partial charge in [0.25, 0.3) is 0 Å². The first-order valence-corrected chi connectivity index (χ1v) is 12.0. The van der Waals surface area contributed by atoms with Crippen LogP contribution in [0.15, 0.2) is 40.5 Å². The number of fused-ring (bicyclic) bond motifs is 1. The fraction of sp³-hybridized carbons (Fsp3) is 0.435. The number of pyridine rings is 2. The van der Waals surface area contributed by atoms with Crippen molar-refractivity contribution in [2.24, 2.45) is 5.73 Å². The number of anilines is 2. The zero-order chi connectivity index (χ0) is 23.6. The van der Waals surface area contributed by atoms with Crippen molar-refractivity contribution in [3.05, 3.63) is 47.0 Å². The number of aromatic nitrogens is 4. The molecule has 0 aliphatic carbocycles. The molecule has 0 aromatic carbocycles. The molecule has 3 N–H and O–H groups in total. The maximum Gasteiger partial charge on any atom is 0.244 e. The maximum absolute atomic E-state index is 7.27. The molecule has 1 aliphatic heterocycles.